The Morgan fingerprint density at radius 1 is 1.27 bits per heavy atom. The van der Waals surface area contributed by atoms with Crippen LogP contribution in [0.5, 0.6) is 0 Å². The van der Waals surface area contributed by atoms with Crippen LogP contribution < -0.4 is 10.6 Å². The van der Waals surface area contributed by atoms with Crippen LogP contribution in [-0.2, 0) is 4.79 Å². The Morgan fingerprint density at radius 2 is 2.00 bits per heavy atom. The van der Waals surface area contributed by atoms with Crippen LogP contribution in [0.2, 0.25) is 0 Å². The van der Waals surface area contributed by atoms with E-state index in [0.29, 0.717) is 24.9 Å². The number of likely N-dealkylation sites (tertiary alicyclic amines) is 1. The van der Waals surface area contributed by atoms with Crippen LogP contribution >= 0.6 is 0 Å². The summed E-state index contributed by atoms with van der Waals surface area (Å²) in [6.45, 7) is 9.08. The van der Waals surface area contributed by atoms with Gasteiger partial charge in [0.1, 0.15) is 0 Å². The molecule has 5 nitrogen and oxygen atoms in total. The third kappa shape index (κ3) is 6.24. The summed E-state index contributed by atoms with van der Waals surface area (Å²) >= 11 is 0. The van der Waals surface area contributed by atoms with Gasteiger partial charge >= 0.3 is 0 Å². The first kappa shape index (κ1) is 18.8. The van der Waals surface area contributed by atoms with E-state index >= 15 is 0 Å². The first-order chi connectivity index (χ1) is 10.6. The lowest BCUT2D eigenvalue weighted by atomic mass is 10.0. The van der Waals surface area contributed by atoms with Crippen LogP contribution in [0.15, 0.2) is 4.99 Å². The summed E-state index contributed by atoms with van der Waals surface area (Å²) in [7, 11) is 1.77. The molecule has 1 saturated heterocycles. The molecule has 0 aromatic rings. The van der Waals surface area contributed by atoms with E-state index in [4.69, 9.17) is 0 Å². The summed E-state index contributed by atoms with van der Waals surface area (Å²) in [5.41, 5.74) is 0. The largest absolute Gasteiger partial charge is 0.356 e. The quantitative estimate of drug-likeness (QED) is 0.561. The maximum atomic E-state index is 12.3. The van der Waals surface area contributed by atoms with Gasteiger partial charge in [0.2, 0.25) is 5.91 Å². The van der Waals surface area contributed by atoms with Crippen molar-refractivity contribution in [1.82, 2.24) is 15.5 Å². The highest BCUT2D eigenvalue weighted by molar-refractivity contribution is 5.81. The van der Waals surface area contributed by atoms with E-state index < -0.39 is 0 Å². The molecule has 0 radical (unpaired) electrons. The molecule has 1 atom stereocenters. The van der Waals surface area contributed by atoms with Crippen LogP contribution in [0.1, 0.15) is 59.3 Å². The molecular weight excluding hydrogens is 276 g/mol. The summed E-state index contributed by atoms with van der Waals surface area (Å²) in [6.07, 6.45) is 6.41. The molecule has 1 fully saturated rings. The minimum Gasteiger partial charge on any atom is -0.356 e. The summed E-state index contributed by atoms with van der Waals surface area (Å²) in [5, 5.41) is 6.60. The number of carbonyl (C=O) groups is 1. The van der Waals surface area contributed by atoms with Crippen LogP contribution in [0.4, 0.5) is 0 Å². The molecule has 1 amide bonds. The summed E-state index contributed by atoms with van der Waals surface area (Å²) in [4.78, 5) is 18.5. The van der Waals surface area contributed by atoms with E-state index in [-0.39, 0.29) is 5.91 Å². The number of nitrogens with zero attached hydrogens (tertiary/aromatic N) is 2. The molecule has 0 aromatic heterocycles. The van der Waals surface area contributed by atoms with Crippen molar-refractivity contribution in [2.45, 2.75) is 65.3 Å². The topological polar surface area (TPSA) is 56.7 Å². The van der Waals surface area contributed by atoms with Crippen molar-refractivity contribution in [3.8, 4) is 0 Å². The molecule has 0 spiro atoms. The van der Waals surface area contributed by atoms with Gasteiger partial charge in [-0.3, -0.25) is 9.79 Å². The van der Waals surface area contributed by atoms with E-state index in [1.54, 1.807) is 7.05 Å². The van der Waals surface area contributed by atoms with Crippen LogP contribution in [0.25, 0.3) is 0 Å². The zero-order chi connectivity index (χ0) is 16.4. The fraction of sp³-hybridized carbons (Fsp3) is 0.882. The molecule has 1 unspecified atom stereocenters. The standard InChI is InChI=1S/C17H34N4O/c1-5-15(6-2)13-20-17(18-4)19-11-10-16(22)21-12-8-7-9-14(21)3/h14-15H,5-13H2,1-4H3,(H2,18,19,20). The average molecular weight is 310 g/mol. The van der Waals surface area contributed by atoms with Crippen molar-refractivity contribution in [3.63, 3.8) is 0 Å². The lowest BCUT2D eigenvalue weighted by Gasteiger charge is -2.33. The Labute approximate surface area is 135 Å². The van der Waals surface area contributed by atoms with Crippen molar-refractivity contribution < 1.29 is 4.79 Å². The molecule has 0 aliphatic carbocycles. The van der Waals surface area contributed by atoms with Crippen molar-refractivity contribution in [3.05, 3.63) is 0 Å². The minimum absolute atomic E-state index is 0.259. The highest BCUT2D eigenvalue weighted by Crippen LogP contribution is 2.16. The number of hydrogen-bond donors (Lipinski definition) is 2. The molecule has 1 rings (SSSR count). The maximum Gasteiger partial charge on any atom is 0.224 e. The van der Waals surface area contributed by atoms with Crippen LogP contribution in [-0.4, -0.2) is 49.5 Å². The number of amides is 1. The van der Waals surface area contributed by atoms with Gasteiger partial charge in [0.05, 0.1) is 0 Å². The van der Waals surface area contributed by atoms with Gasteiger partial charge in [-0.05, 0) is 32.1 Å². The van der Waals surface area contributed by atoms with Gasteiger partial charge in [-0.2, -0.15) is 0 Å². The molecule has 0 bridgehead atoms. The molecule has 128 valence electrons. The molecule has 2 N–H and O–H groups in total. The second kappa shape index (κ2) is 10.5. The molecular formula is C17H34N4O. The molecule has 0 aromatic carbocycles. The van der Waals surface area contributed by atoms with Crippen LogP contribution in [0, 0.1) is 5.92 Å². The maximum absolute atomic E-state index is 12.3. The number of carbonyl (C=O) groups excluding carboxylic acids is 1. The highest BCUT2D eigenvalue weighted by atomic mass is 16.2. The SMILES string of the molecule is CCC(CC)CNC(=NC)NCCC(=O)N1CCCCC1C. The van der Waals surface area contributed by atoms with Crippen LogP contribution in [0.3, 0.4) is 0 Å². The second-order valence-corrected chi connectivity index (χ2v) is 6.24. The molecule has 5 heteroatoms. The fourth-order valence-electron chi connectivity index (χ4n) is 2.94. The average Bonchev–Trinajstić information content (AvgIpc) is 2.54. The number of rotatable bonds is 7. The number of guanidine groups is 1. The lowest BCUT2D eigenvalue weighted by molar-refractivity contribution is -0.134. The Morgan fingerprint density at radius 3 is 2.59 bits per heavy atom. The molecule has 0 saturated carbocycles. The first-order valence-electron chi connectivity index (χ1n) is 8.86. The third-order valence-corrected chi connectivity index (χ3v) is 4.69. The van der Waals surface area contributed by atoms with Crippen molar-refractivity contribution in [2.75, 3.05) is 26.7 Å². The number of piperidine rings is 1. The summed E-state index contributed by atoms with van der Waals surface area (Å²) in [6, 6.07) is 0.397. The number of nitrogens with one attached hydrogen (secondary N) is 2. The fourth-order valence-corrected chi connectivity index (χ4v) is 2.94. The van der Waals surface area contributed by atoms with Gasteiger partial charge in [0, 0.05) is 39.1 Å². The van der Waals surface area contributed by atoms with Crippen molar-refractivity contribution in [1.29, 1.82) is 0 Å². The third-order valence-electron chi connectivity index (χ3n) is 4.69. The van der Waals surface area contributed by atoms with Gasteiger partial charge < -0.3 is 15.5 Å². The Kier molecular flexibility index (Phi) is 8.94. The normalized spacial score (nSPS) is 19.4. The Balaban J connectivity index is 2.27. The van der Waals surface area contributed by atoms with E-state index in [9.17, 15) is 4.79 Å². The monoisotopic (exact) mass is 310 g/mol. The molecule has 1 aliphatic heterocycles. The highest BCUT2D eigenvalue weighted by Gasteiger charge is 2.22. The number of hydrogen-bond acceptors (Lipinski definition) is 2. The lowest BCUT2D eigenvalue weighted by Crippen LogP contribution is -2.44. The summed E-state index contributed by atoms with van der Waals surface area (Å²) in [5.74, 6) is 1.73. The van der Waals surface area contributed by atoms with E-state index in [1.807, 2.05) is 4.90 Å². The van der Waals surface area contributed by atoms with E-state index in [2.05, 4.69) is 36.4 Å². The molecule has 22 heavy (non-hydrogen) atoms. The van der Waals surface area contributed by atoms with Gasteiger partial charge in [0.15, 0.2) is 5.96 Å². The molecule has 1 heterocycles. The first-order valence-corrected chi connectivity index (χ1v) is 8.86. The second-order valence-electron chi connectivity index (χ2n) is 6.24. The van der Waals surface area contributed by atoms with E-state index in [0.717, 1.165) is 31.9 Å². The smallest absolute Gasteiger partial charge is 0.224 e. The van der Waals surface area contributed by atoms with Crippen molar-refractivity contribution >= 4 is 11.9 Å². The Hall–Kier alpha value is -1.26. The predicted octanol–water partition coefficient (Wildman–Crippen LogP) is 2.38. The van der Waals surface area contributed by atoms with Gasteiger partial charge in [-0.1, -0.05) is 26.7 Å². The number of aliphatic imine (C=N–C) groups is 1. The zero-order valence-electron chi connectivity index (χ0n) is 14.8. The zero-order valence-corrected chi connectivity index (χ0v) is 14.8. The van der Waals surface area contributed by atoms with Gasteiger partial charge in [-0.25, -0.2) is 0 Å². The molecule has 1 aliphatic rings. The predicted molar refractivity (Wildman–Crippen MR) is 93.1 cm³/mol. The summed E-state index contributed by atoms with van der Waals surface area (Å²) < 4.78 is 0. The van der Waals surface area contributed by atoms with Gasteiger partial charge in [0.25, 0.3) is 0 Å². The van der Waals surface area contributed by atoms with Crippen molar-refractivity contribution in [2.24, 2.45) is 10.9 Å². The minimum atomic E-state index is 0.259. The Bertz CT molecular complexity index is 353. The van der Waals surface area contributed by atoms with Gasteiger partial charge in [-0.15, -0.1) is 0 Å². The van der Waals surface area contributed by atoms with E-state index in [1.165, 1.54) is 19.3 Å².